The minimum Gasteiger partial charge on any atom is -0.372 e. The fourth-order valence-electron chi connectivity index (χ4n) is 4.97. The lowest BCUT2D eigenvalue weighted by molar-refractivity contribution is -0.115. The number of carbonyl (C=O) groups is 1. The fourth-order valence-corrected chi connectivity index (χ4v) is 5.73. The van der Waals surface area contributed by atoms with E-state index in [4.69, 9.17) is 9.72 Å². The van der Waals surface area contributed by atoms with Crippen molar-refractivity contribution < 1.29 is 26.7 Å². The molecule has 13 heteroatoms. The number of sulfone groups is 1. The number of hydrogen-bond donors (Lipinski definition) is 1. The second-order valence-corrected chi connectivity index (χ2v) is 12.2. The van der Waals surface area contributed by atoms with Crippen LogP contribution >= 0.6 is 0 Å². The highest BCUT2D eigenvalue weighted by Crippen LogP contribution is 2.26. The van der Waals surface area contributed by atoms with Crippen LogP contribution in [0.1, 0.15) is 19.5 Å². The molecule has 0 unspecified atom stereocenters. The largest absolute Gasteiger partial charge is 0.372 e. The second-order valence-electron chi connectivity index (χ2n) is 10.3. The molecule has 2 aromatic carbocycles. The quantitative estimate of drug-likeness (QED) is 0.342. The van der Waals surface area contributed by atoms with Gasteiger partial charge in [-0.25, -0.2) is 13.4 Å². The van der Waals surface area contributed by atoms with E-state index < -0.39 is 26.4 Å². The maximum atomic E-state index is 12.9. The number of nitrogens with zero attached hydrogens (tertiary/aromatic N) is 4. The van der Waals surface area contributed by atoms with Crippen molar-refractivity contribution in [3.63, 3.8) is 0 Å². The molecule has 1 N–H and O–H groups in total. The van der Waals surface area contributed by atoms with Crippen LogP contribution in [-0.4, -0.2) is 59.9 Å². The van der Waals surface area contributed by atoms with Crippen LogP contribution in [0.5, 0.6) is 0 Å². The fraction of sp³-hybridized carbons (Fsp3) is 0.310. The molecule has 2 aromatic heterocycles. The van der Waals surface area contributed by atoms with E-state index in [1.54, 1.807) is 19.3 Å². The summed E-state index contributed by atoms with van der Waals surface area (Å²) in [5.74, 6) is -3.52. The number of pyridine rings is 1. The SMILES string of the molecule is C[C@@H]1CN(c2nc(-c3ccc4cnc(CC(=O)Nc5cccc(S(=O)(=O)C(F)F)c5)cc4c3)cc(=O)n2C)C[C@H](C)O1. The van der Waals surface area contributed by atoms with E-state index in [-0.39, 0.29) is 29.9 Å². The van der Waals surface area contributed by atoms with Gasteiger partial charge in [0.05, 0.1) is 34.9 Å². The van der Waals surface area contributed by atoms with Crippen molar-refractivity contribution in [1.82, 2.24) is 14.5 Å². The van der Waals surface area contributed by atoms with Crippen molar-refractivity contribution in [3.05, 3.63) is 76.8 Å². The summed E-state index contributed by atoms with van der Waals surface area (Å²) in [6.45, 7) is 5.17. The maximum absolute atomic E-state index is 12.9. The van der Waals surface area contributed by atoms with Gasteiger partial charge in [0.2, 0.25) is 21.7 Å². The van der Waals surface area contributed by atoms with Gasteiger partial charge >= 0.3 is 5.76 Å². The molecule has 0 spiro atoms. The molecule has 4 aromatic rings. The molecule has 1 aliphatic rings. The topological polar surface area (TPSA) is 123 Å². The molecule has 1 amide bonds. The Bertz CT molecular complexity index is 1820. The van der Waals surface area contributed by atoms with E-state index in [0.717, 1.165) is 28.5 Å². The standard InChI is InChI=1S/C29H29F2N5O5S/c1-17-15-36(16-18(2)41-17)29-34-25(13-27(38)35(29)3)19-7-8-20-14-32-23(10-21(20)9-19)12-26(37)33-22-5-4-6-24(11-22)42(39,40)28(30)31/h4-11,13-14,17-18,28H,12,15-16H2,1-3H3,(H,33,37)/t17-,18+. The van der Waals surface area contributed by atoms with Gasteiger partial charge in [0.25, 0.3) is 5.56 Å². The van der Waals surface area contributed by atoms with Gasteiger partial charge in [-0.1, -0.05) is 18.2 Å². The first-order chi connectivity index (χ1) is 19.9. The molecule has 42 heavy (non-hydrogen) atoms. The summed E-state index contributed by atoms with van der Waals surface area (Å²) in [6, 6.07) is 13.5. The molecular formula is C29H29F2N5O5S. The van der Waals surface area contributed by atoms with Gasteiger partial charge in [-0.2, -0.15) is 8.78 Å². The molecule has 0 aliphatic carbocycles. The van der Waals surface area contributed by atoms with Gasteiger partial charge < -0.3 is 15.0 Å². The molecule has 3 heterocycles. The van der Waals surface area contributed by atoms with Gasteiger partial charge in [0, 0.05) is 49.0 Å². The summed E-state index contributed by atoms with van der Waals surface area (Å²) in [7, 11) is -3.10. The molecule has 1 saturated heterocycles. The van der Waals surface area contributed by atoms with Crippen LogP contribution in [-0.2, 0) is 32.8 Å². The molecule has 5 rings (SSSR count). The Balaban J connectivity index is 1.38. The number of benzene rings is 2. The predicted octanol–water partition coefficient (Wildman–Crippen LogP) is 3.79. The highest BCUT2D eigenvalue weighted by atomic mass is 32.2. The molecule has 0 bridgehead atoms. The Kier molecular flexibility index (Phi) is 8.06. The van der Waals surface area contributed by atoms with Gasteiger partial charge in [0.1, 0.15) is 0 Å². The molecule has 2 atom stereocenters. The van der Waals surface area contributed by atoms with Crippen LogP contribution in [0.4, 0.5) is 20.4 Å². The van der Waals surface area contributed by atoms with Gasteiger partial charge in [-0.15, -0.1) is 0 Å². The predicted molar refractivity (Wildman–Crippen MR) is 154 cm³/mol. The highest BCUT2D eigenvalue weighted by molar-refractivity contribution is 7.91. The Hall–Kier alpha value is -4.23. The van der Waals surface area contributed by atoms with Crippen LogP contribution in [0.25, 0.3) is 22.0 Å². The number of halogens is 2. The van der Waals surface area contributed by atoms with Crippen molar-refractivity contribution in [3.8, 4) is 11.3 Å². The number of hydrogen-bond acceptors (Lipinski definition) is 8. The molecule has 0 radical (unpaired) electrons. The zero-order valence-corrected chi connectivity index (χ0v) is 23.9. The lowest BCUT2D eigenvalue weighted by Crippen LogP contribution is -2.47. The normalized spacial score (nSPS) is 17.5. The van der Waals surface area contributed by atoms with Crippen LogP contribution in [0.3, 0.4) is 0 Å². The third-order valence-corrected chi connectivity index (χ3v) is 8.29. The minimum absolute atomic E-state index is 0.00674. The van der Waals surface area contributed by atoms with Crippen molar-refractivity contribution in [2.45, 2.75) is 43.1 Å². The Morgan fingerprint density at radius 3 is 2.52 bits per heavy atom. The average molecular weight is 598 g/mol. The number of nitrogens with one attached hydrogen (secondary N) is 1. The summed E-state index contributed by atoms with van der Waals surface area (Å²) in [5.41, 5.74) is 1.54. The Morgan fingerprint density at radius 1 is 1.07 bits per heavy atom. The number of amides is 1. The first-order valence-electron chi connectivity index (χ1n) is 13.2. The van der Waals surface area contributed by atoms with Crippen molar-refractivity contribution in [2.75, 3.05) is 23.3 Å². The van der Waals surface area contributed by atoms with E-state index in [1.165, 1.54) is 22.8 Å². The van der Waals surface area contributed by atoms with Crippen molar-refractivity contribution >= 4 is 38.2 Å². The molecule has 1 aliphatic heterocycles. The Morgan fingerprint density at radius 2 is 1.81 bits per heavy atom. The summed E-state index contributed by atoms with van der Waals surface area (Å²) in [4.78, 5) is 36.2. The molecule has 220 valence electrons. The first-order valence-corrected chi connectivity index (χ1v) is 14.7. The van der Waals surface area contributed by atoms with E-state index >= 15 is 0 Å². The van der Waals surface area contributed by atoms with Gasteiger partial charge in [-0.3, -0.25) is 19.1 Å². The van der Waals surface area contributed by atoms with E-state index in [2.05, 4.69) is 10.3 Å². The monoisotopic (exact) mass is 597 g/mol. The van der Waals surface area contributed by atoms with E-state index in [9.17, 15) is 26.8 Å². The van der Waals surface area contributed by atoms with E-state index in [1.807, 2.05) is 36.9 Å². The summed E-state index contributed by atoms with van der Waals surface area (Å²) in [5, 5.41) is 4.12. The smallest absolute Gasteiger partial charge is 0.341 e. The zero-order chi connectivity index (χ0) is 30.2. The Labute approximate surface area is 240 Å². The number of rotatable bonds is 7. The van der Waals surface area contributed by atoms with Crippen LogP contribution in [0.2, 0.25) is 0 Å². The number of fused-ring (bicyclic) bond motifs is 1. The second kappa shape index (κ2) is 11.6. The molecule has 10 nitrogen and oxygen atoms in total. The molecular weight excluding hydrogens is 568 g/mol. The number of anilines is 2. The number of morpholine rings is 1. The van der Waals surface area contributed by atoms with Crippen molar-refractivity contribution in [1.29, 1.82) is 0 Å². The summed E-state index contributed by atoms with van der Waals surface area (Å²) in [6.07, 6.45) is 1.46. The number of ether oxygens (including phenoxy) is 1. The van der Waals surface area contributed by atoms with Crippen LogP contribution in [0.15, 0.2) is 70.5 Å². The third-order valence-electron chi connectivity index (χ3n) is 6.91. The lowest BCUT2D eigenvalue weighted by Gasteiger charge is -2.36. The highest BCUT2D eigenvalue weighted by Gasteiger charge is 2.27. The van der Waals surface area contributed by atoms with Crippen molar-refractivity contribution in [2.24, 2.45) is 7.05 Å². The lowest BCUT2D eigenvalue weighted by atomic mass is 10.0. The average Bonchev–Trinajstić information content (AvgIpc) is 2.93. The van der Waals surface area contributed by atoms with E-state index in [0.29, 0.717) is 30.4 Å². The first kappa shape index (κ1) is 29.3. The molecule has 1 fully saturated rings. The van der Waals surface area contributed by atoms with Crippen LogP contribution < -0.4 is 15.8 Å². The van der Waals surface area contributed by atoms with Crippen LogP contribution in [0, 0.1) is 0 Å². The van der Waals surface area contributed by atoms with Gasteiger partial charge in [-0.05, 0) is 49.6 Å². The third kappa shape index (κ3) is 6.16. The number of aromatic nitrogens is 3. The minimum atomic E-state index is -4.80. The maximum Gasteiger partial charge on any atom is 0.341 e. The zero-order valence-electron chi connectivity index (χ0n) is 23.1. The number of carbonyl (C=O) groups excluding carboxylic acids is 1. The summed E-state index contributed by atoms with van der Waals surface area (Å²) < 4.78 is 56.7. The van der Waals surface area contributed by atoms with Gasteiger partial charge in [0.15, 0.2) is 0 Å². The molecule has 0 saturated carbocycles. The number of alkyl halides is 2. The summed E-state index contributed by atoms with van der Waals surface area (Å²) >= 11 is 0.